The second-order valence-corrected chi connectivity index (χ2v) is 7.45. The fourth-order valence-corrected chi connectivity index (χ4v) is 3.56. The molecule has 0 spiro atoms. The molecule has 0 saturated carbocycles. The third-order valence-electron chi connectivity index (χ3n) is 4.07. The van der Waals surface area contributed by atoms with Crippen molar-refractivity contribution in [2.45, 2.75) is 32.9 Å². The van der Waals surface area contributed by atoms with Crippen LogP contribution in [0.15, 0.2) is 12.1 Å². The molecule has 0 aliphatic carbocycles. The first-order valence-corrected chi connectivity index (χ1v) is 8.72. The van der Waals surface area contributed by atoms with E-state index in [4.69, 9.17) is 10.5 Å². The summed E-state index contributed by atoms with van der Waals surface area (Å²) < 4.78 is 5.44. The Balaban J connectivity index is 0.00000264. The van der Waals surface area contributed by atoms with Crippen LogP contribution in [-0.2, 0) is 9.53 Å². The molecule has 1 saturated heterocycles. The number of hydrogen-bond donors (Lipinski definition) is 2. The number of nitrogens with two attached hydrogens (primary N) is 1. The van der Waals surface area contributed by atoms with Crippen molar-refractivity contribution in [3.8, 4) is 0 Å². The van der Waals surface area contributed by atoms with Gasteiger partial charge in [-0.05, 0) is 25.0 Å². The maximum Gasteiger partial charge on any atom is 0.237 e. The minimum Gasteiger partial charge on any atom is -0.379 e. The second-order valence-electron chi connectivity index (χ2n) is 6.13. The lowest BCUT2D eigenvalue weighted by molar-refractivity contribution is -0.123. The van der Waals surface area contributed by atoms with Gasteiger partial charge in [0.05, 0.1) is 25.3 Å². The highest BCUT2D eigenvalue weighted by molar-refractivity contribution is 7.12. The molecule has 0 bridgehead atoms. The van der Waals surface area contributed by atoms with Crippen LogP contribution in [0.2, 0.25) is 0 Å². The SMILES string of the molecule is Cc1ccc(C(CNC(=O)[C@@H](N)C(C)C)N2CCOCC2)s1.Cl. The van der Waals surface area contributed by atoms with Gasteiger partial charge in [-0.15, -0.1) is 23.7 Å². The number of morpholine rings is 1. The van der Waals surface area contributed by atoms with Crippen molar-refractivity contribution in [1.82, 2.24) is 10.2 Å². The number of nitrogens with zero attached hydrogens (tertiary/aromatic N) is 1. The van der Waals surface area contributed by atoms with Gasteiger partial charge >= 0.3 is 0 Å². The van der Waals surface area contributed by atoms with E-state index in [1.165, 1.54) is 9.75 Å². The van der Waals surface area contributed by atoms with Gasteiger partial charge in [0.2, 0.25) is 5.91 Å². The Morgan fingerprint density at radius 1 is 1.39 bits per heavy atom. The average Bonchev–Trinajstić information content (AvgIpc) is 2.93. The molecule has 7 heteroatoms. The number of carbonyl (C=O) groups excluding carboxylic acids is 1. The van der Waals surface area contributed by atoms with E-state index in [-0.39, 0.29) is 30.3 Å². The van der Waals surface area contributed by atoms with Crippen molar-refractivity contribution in [3.05, 3.63) is 21.9 Å². The highest BCUT2D eigenvalue weighted by atomic mass is 35.5. The van der Waals surface area contributed by atoms with Gasteiger partial charge in [0.1, 0.15) is 0 Å². The number of nitrogens with one attached hydrogen (secondary N) is 1. The van der Waals surface area contributed by atoms with Crippen LogP contribution in [0.1, 0.15) is 29.6 Å². The zero-order valence-electron chi connectivity index (χ0n) is 14.1. The summed E-state index contributed by atoms with van der Waals surface area (Å²) in [6.45, 7) is 9.93. The van der Waals surface area contributed by atoms with E-state index in [0.29, 0.717) is 6.54 Å². The number of ether oxygens (including phenoxy) is 1. The largest absolute Gasteiger partial charge is 0.379 e. The maximum absolute atomic E-state index is 12.1. The predicted octanol–water partition coefficient (Wildman–Crippen LogP) is 1.95. The summed E-state index contributed by atoms with van der Waals surface area (Å²) in [5.41, 5.74) is 5.92. The Bertz CT molecular complexity index is 489. The summed E-state index contributed by atoms with van der Waals surface area (Å²) >= 11 is 1.79. The third kappa shape index (κ3) is 5.72. The minimum absolute atomic E-state index is 0. The molecule has 1 aliphatic rings. The zero-order chi connectivity index (χ0) is 16.1. The molecule has 0 aromatic carbocycles. The lowest BCUT2D eigenvalue weighted by Crippen LogP contribution is -2.48. The molecule has 5 nitrogen and oxygen atoms in total. The van der Waals surface area contributed by atoms with Crippen LogP contribution in [0.3, 0.4) is 0 Å². The molecule has 3 N–H and O–H groups in total. The monoisotopic (exact) mass is 361 g/mol. The van der Waals surface area contributed by atoms with Crippen LogP contribution >= 0.6 is 23.7 Å². The molecule has 1 unspecified atom stereocenters. The summed E-state index contributed by atoms with van der Waals surface area (Å²) in [4.78, 5) is 17.1. The van der Waals surface area contributed by atoms with Crippen molar-refractivity contribution in [1.29, 1.82) is 0 Å². The van der Waals surface area contributed by atoms with Crippen LogP contribution in [0, 0.1) is 12.8 Å². The quantitative estimate of drug-likeness (QED) is 0.812. The first-order valence-electron chi connectivity index (χ1n) is 7.90. The van der Waals surface area contributed by atoms with E-state index >= 15 is 0 Å². The smallest absolute Gasteiger partial charge is 0.237 e. The van der Waals surface area contributed by atoms with E-state index in [2.05, 4.69) is 29.3 Å². The number of rotatable bonds is 6. The molecule has 2 atom stereocenters. The molecule has 1 aromatic rings. The first kappa shape index (κ1) is 20.4. The highest BCUT2D eigenvalue weighted by Gasteiger charge is 2.25. The predicted molar refractivity (Wildman–Crippen MR) is 97.3 cm³/mol. The molecule has 23 heavy (non-hydrogen) atoms. The van der Waals surface area contributed by atoms with Crippen LogP contribution in [-0.4, -0.2) is 49.7 Å². The van der Waals surface area contributed by atoms with E-state index in [1.807, 2.05) is 13.8 Å². The number of halogens is 1. The van der Waals surface area contributed by atoms with Gasteiger partial charge in [-0.3, -0.25) is 9.69 Å². The lowest BCUT2D eigenvalue weighted by Gasteiger charge is -2.34. The van der Waals surface area contributed by atoms with Crippen molar-refractivity contribution < 1.29 is 9.53 Å². The molecule has 1 amide bonds. The molecule has 1 aromatic heterocycles. The van der Waals surface area contributed by atoms with E-state index in [0.717, 1.165) is 26.3 Å². The number of thiophene rings is 1. The standard InChI is InChI=1S/C16H27N3O2S.ClH/c1-11(2)15(17)16(20)18-10-13(14-5-4-12(3)22-14)19-6-8-21-9-7-19;/h4-5,11,13,15H,6-10,17H2,1-3H3,(H,18,20);1H/t13?,15-;/m0./s1. The molecular formula is C16H28ClN3O2S. The van der Waals surface area contributed by atoms with Gasteiger partial charge in [0.25, 0.3) is 0 Å². The molecular weight excluding hydrogens is 334 g/mol. The Kier molecular flexibility index (Phi) is 8.50. The van der Waals surface area contributed by atoms with Gasteiger partial charge in [-0.1, -0.05) is 13.8 Å². The molecule has 1 aliphatic heterocycles. The minimum atomic E-state index is -0.449. The zero-order valence-corrected chi connectivity index (χ0v) is 15.7. The summed E-state index contributed by atoms with van der Waals surface area (Å²) in [5.74, 6) is 0.0763. The van der Waals surface area contributed by atoms with Crippen LogP contribution < -0.4 is 11.1 Å². The average molecular weight is 362 g/mol. The van der Waals surface area contributed by atoms with Crippen molar-refractivity contribution in [2.24, 2.45) is 11.7 Å². The van der Waals surface area contributed by atoms with E-state index in [1.54, 1.807) is 11.3 Å². The van der Waals surface area contributed by atoms with Gasteiger partial charge in [0, 0.05) is 29.4 Å². The second kappa shape index (κ2) is 9.59. The molecule has 2 heterocycles. The first-order chi connectivity index (χ1) is 10.5. The van der Waals surface area contributed by atoms with Gasteiger partial charge < -0.3 is 15.8 Å². The summed E-state index contributed by atoms with van der Waals surface area (Å²) in [7, 11) is 0. The van der Waals surface area contributed by atoms with Crippen molar-refractivity contribution in [2.75, 3.05) is 32.8 Å². The van der Waals surface area contributed by atoms with Gasteiger partial charge in [0.15, 0.2) is 0 Å². The Morgan fingerprint density at radius 3 is 2.57 bits per heavy atom. The van der Waals surface area contributed by atoms with E-state index < -0.39 is 6.04 Å². The lowest BCUT2D eigenvalue weighted by atomic mass is 10.0. The normalized spacial score (nSPS) is 18.3. The Labute approximate surface area is 149 Å². The highest BCUT2D eigenvalue weighted by Crippen LogP contribution is 2.27. The van der Waals surface area contributed by atoms with Gasteiger partial charge in [-0.2, -0.15) is 0 Å². The maximum atomic E-state index is 12.1. The molecule has 132 valence electrons. The third-order valence-corrected chi connectivity index (χ3v) is 5.17. The van der Waals surface area contributed by atoms with Crippen LogP contribution in [0.4, 0.5) is 0 Å². The number of carbonyl (C=O) groups is 1. The molecule has 1 fully saturated rings. The van der Waals surface area contributed by atoms with Crippen LogP contribution in [0.5, 0.6) is 0 Å². The summed E-state index contributed by atoms with van der Waals surface area (Å²) in [6.07, 6.45) is 0. The fourth-order valence-electron chi connectivity index (χ4n) is 2.55. The Hall–Kier alpha value is -0.660. The van der Waals surface area contributed by atoms with Crippen molar-refractivity contribution >= 4 is 29.7 Å². The summed E-state index contributed by atoms with van der Waals surface area (Å²) in [6, 6.07) is 4.05. The molecule has 0 radical (unpaired) electrons. The molecule has 2 rings (SSSR count). The van der Waals surface area contributed by atoms with Crippen LogP contribution in [0.25, 0.3) is 0 Å². The van der Waals surface area contributed by atoms with Crippen molar-refractivity contribution in [3.63, 3.8) is 0 Å². The van der Waals surface area contributed by atoms with E-state index in [9.17, 15) is 4.79 Å². The number of amides is 1. The number of aryl methyl sites for hydroxylation is 1. The fraction of sp³-hybridized carbons (Fsp3) is 0.688. The van der Waals surface area contributed by atoms with Gasteiger partial charge in [-0.25, -0.2) is 0 Å². The summed E-state index contributed by atoms with van der Waals surface area (Å²) in [5, 5.41) is 3.03. The number of hydrogen-bond acceptors (Lipinski definition) is 5. The topological polar surface area (TPSA) is 67.6 Å². The Morgan fingerprint density at radius 2 is 2.04 bits per heavy atom.